The molecule has 2 aromatic rings. The van der Waals surface area contributed by atoms with Crippen molar-refractivity contribution >= 4 is 41.2 Å². The van der Waals surface area contributed by atoms with E-state index >= 15 is 0 Å². The molecule has 2 saturated heterocycles. The summed E-state index contributed by atoms with van der Waals surface area (Å²) >= 11 is 7.78. The lowest BCUT2D eigenvalue weighted by Crippen LogP contribution is -2.33. The molecule has 7 heteroatoms. The molecule has 0 bridgehead atoms. The molecule has 152 valence electrons. The van der Waals surface area contributed by atoms with Crippen molar-refractivity contribution in [3.8, 4) is 0 Å². The lowest BCUT2D eigenvalue weighted by Gasteiger charge is -2.29. The average Bonchev–Trinajstić information content (AvgIpc) is 3.10. The van der Waals surface area contributed by atoms with Gasteiger partial charge in [-0.1, -0.05) is 29.8 Å². The number of carbonyl (C=O) groups excluding carboxylic acids is 1. The molecule has 2 heterocycles. The number of thioether (sulfide) groups is 1. The van der Waals surface area contributed by atoms with Gasteiger partial charge in [-0.3, -0.25) is 9.79 Å². The van der Waals surface area contributed by atoms with Crippen LogP contribution in [0.3, 0.4) is 0 Å². The SMILES string of the molecule is O=C1N[C@H](CN=Cc2ccc(Cl)cc2)C[C@H]1c1ccc(N2CCSCC2)c(F)c1. The third kappa shape index (κ3) is 4.93. The first kappa shape index (κ1) is 20.2. The van der Waals surface area contributed by atoms with E-state index in [9.17, 15) is 9.18 Å². The van der Waals surface area contributed by atoms with Crippen LogP contribution in [0.2, 0.25) is 5.02 Å². The van der Waals surface area contributed by atoms with E-state index in [0.717, 1.165) is 35.7 Å². The van der Waals surface area contributed by atoms with Crippen molar-refractivity contribution in [3.63, 3.8) is 0 Å². The second-order valence-electron chi connectivity index (χ2n) is 7.35. The number of nitrogens with zero attached hydrogens (tertiary/aromatic N) is 2. The first-order valence-electron chi connectivity index (χ1n) is 9.78. The number of rotatable bonds is 5. The maximum Gasteiger partial charge on any atom is 0.227 e. The average molecular weight is 432 g/mol. The van der Waals surface area contributed by atoms with Gasteiger partial charge in [-0.2, -0.15) is 11.8 Å². The molecule has 1 amide bonds. The standard InChI is InChI=1S/C22H23ClFN3OS/c23-17-4-1-15(2-5-17)13-25-14-18-12-19(22(28)26-18)16-3-6-21(20(24)11-16)27-7-9-29-10-8-27/h1-6,11,13,18-19H,7-10,12,14H2,(H,26,28)/t18-,19-/m0/s1. The molecule has 2 aliphatic heterocycles. The van der Waals surface area contributed by atoms with Gasteiger partial charge in [0.1, 0.15) is 5.82 Å². The monoisotopic (exact) mass is 431 g/mol. The molecule has 0 aromatic heterocycles. The molecule has 2 atom stereocenters. The van der Waals surface area contributed by atoms with Crippen molar-refractivity contribution in [2.75, 3.05) is 36.0 Å². The van der Waals surface area contributed by atoms with E-state index in [-0.39, 0.29) is 23.7 Å². The van der Waals surface area contributed by atoms with Crippen LogP contribution in [0.5, 0.6) is 0 Å². The Morgan fingerprint density at radius 3 is 2.69 bits per heavy atom. The number of anilines is 1. The Labute approximate surface area is 179 Å². The van der Waals surface area contributed by atoms with Gasteiger partial charge >= 0.3 is 0 Å². The van der Waals surface area contributed by atoms with Crippen LogP contribution in [-0.2, 0) is 4.79 Å². The van der Waals surface area contributed by atoms with E-state index in [1.54, 1.807) is 6.21 Å². The highest BCUT2D eigenvalue weighted by molar-refractivity contribution is 7.99. The molecule has 2 fully saturated rings. The van der Waals surface area contributed by atoms with Crippen molar-refractivity contribution in [2.24, 2.45) is 4.99 Å². The summed E-state index contributed by atoms with van der Waals surface area (Å²) in [7, 11) is 0. The topological polar surface area (TPSA) is 44.7 Å². The molecule has 1 N–H and O–H groups in total. The second-order valence-corrected chi connectivity index (χ2v) is 9.01. The summed E-state index contributed by atoms with van der Waals surface area (Å²) in [6, 6.07) is 12.6. The summed E-state index contributed by atoms with van der Waals surface area (Å²) in [5.74, 6) is 1.41. The maximum atomic E-state index is 14.7. The number of hydrogen-bond acceptors (Lipinski definition) is 4. The molecule has 2 aliphatic rings. The summed E-state index contributed by atoms with van der Waals surface area (Å²) in [5.41, 5.74) is 2.33. The highest BCUT2D eigenvalue weighted by Gasteiger charge is 2.33. The van der Waals surface area contributed by atoms with E-state index < -0.39 is 0 Å². The third-order valence-corrected chi connectivity index (χ3v) is 6.54. The number of halogens is 2. The lowest BCUT2D eigenvalue weighted by atomic mass is 9.95. The van der Waals surface area contributed by atoms with Crippen LogP contribution in [0, 0.1) is 5.82 Å². The van der Waals surface area contributed by atoms with Gasteiger partial charge < -0.3 is 10.2 Å². The Kier molecular flexibility index (Phi) is 6.40. The Hall–Kier alpha value is -2.05. The highest BCUT2D eigenvalue weighted by Crippen LogP contribution is 2.31. The maximum absolute atomic E-state index is 14.7. The molecule has 0 spiro atoms. The van der Waals surface area contributed by atoms with Crippen LogP contribution >= 0.6 is 23.4 Å². The van der Waals surface area contributed by atoms with Crippen molar-refractivity contribution in [1.82, 2.24) is 5.32 Å². The molecule has 0 radical (unpaired) electrons. The van der Waals surface area contributed by atoms with Crippen LogP contribution in [0.4, 0.5) is 10.1 Å². The Morgan fingerprint density at radius 1 is 1.21 bits per heavy atom. The largest absolute Gasteiger partial charge is 0.368 e. The summed E-state index contributed by atoms with van der Waals surface area (Å²) in [6.07, 6.45) is 2.40. The van der Waals surface area contributed by atoms with Crippen LogP contribution in [0.1, 0.15) is 23.5 Å². The summed E-state index contributed by atoms with van der Waals surface area (Å²) in [6.45, 7) is 2.22. The Morgan fingerprint density at radius 2 is 1.97 bits per heavy atom. The van der Waals surface area contributed by atoms with E-state index in [4.69, 9.17) is 11.6 Å². The predicted octanol–water partition coefficient (Wildman–Crippen LogP) is 4.12. The fourth-order valence-electron chi connectivity index (χ4n) is 3.79. The second kappa shape index (κ2) is 9.18. The van der Waals surface area contributed by atoms with Gasteiger partial charge in [0.2, 0.25) is 5.91 Å². The van der Waals surface area contributed by atoms with Gasteiger partial charge in [0.25, 0.3) is 0 Å². The molecule has 4 rings (SSSR count). The lowest BCUT2D eigenvalue weighted by molar-refractivity contribution is -0.120. The van der Waals surface area contributed by atoms with Crippen molar-refractivity contribution < 1.29 is 9.18 Å². The molecular weight excluding hydrogens is 409 g/mol. The number of hydrogen-bond donors (Lipinski definition) is 1. The minimum absolute atomic E-state index is 0.0436. The minimum atomic E-state index is -0.328. The van der Waals surface area contributed by atoms with Gasteiger partial charge in [-0.15, -0.1) is 0 Å². The molecule has 2 aromatic carbocycles. The normalized spacial score (nSPS) is 22.3. The Balaban J connectivity index is 1.38. The predicted molar refractivity (Wildman–Crippen MR) is 119 cm³/mol. The molecule has 0 unspecified atom stereocenters. The quantitative estimate of drug-likeness (QED) is 0.724. The summed E-state index contributed by atoms with van der Waals surface area (Å²) in [4.78, 5) is 19.0. The first-order valence-corrected chi connectivity index (χ1v) is 11.3. The zero-order chi connectivity index (χ0) is 20.2. The van der Waals surface area contributed by atoms with E-state index in [1.807, 2.05) is 48.2 Å². The summed E-state index contributed by atoms with van der Waals surface area (Å²) in [5, 5.41) is 3.67. The van der Waals surface area contributed by atoms with Crippen LogP contribution in [-0.4, -0.2) is 49.3 Å². The highest BCUT2D eigenvalue weighted by atomic mass is 35.5. The smallest absolute Gasteiger partial charge is 0.227 e. The number of amides is 1. The fourth-order valence-corrected chi connectivity index (χ4v) is 4.82. The Bertz CT molecular complexity index is 899. The molecule has 4 nitrogen and oxygen atoms in total. The van der Waals surface area contributed by atoms with Crippen LogP contribution < -0.4 is 10.2 Å². The zero-order valence-corrected chi connectivity index (χ0v) is 17.6. The van der Waals surface area contributed by atoms with Crippen LogP contribution in [0.25, 0.3) is 0 Å². The first-order chi connectivity index (χ1) is 14.1. The van der Waals surface area contributed by atoms with Gasteiger partial charge in [0.15, 0.2) is 0 Å². The van der Waals surface area contributed by atoms with Gasteiger partial charge in [0, 0.05) is 41.9 Å². The number of benzene rings is 2. The van der Waals surface area contributed by atoms with Crippen LogP contribution in [0.15, 0.2) is 47.5 Å². The molecule has 29 heavy (non-hydrogen) atoms. The van der Waals surface area contributed by atoms with Crippen molar-refractivity contribution in [1.29, 1.82) is 0 Å². The van der Waals surface area contributed by atoms with Gasteiger partial charge in [0.05, 0.1) is 18.2 Å². The number of aliphatic imine (C=N–C) groups is 1. The van der Waals surface area contributed by atoms with Crippen molar-refractivity contribution in [2.45, 2.75) is 18.4 Å². The van der Waals surface area contributed by atoms with Gasteiger partial charge in [-0.25, -0.2) is 4.39 Å². The minimum Gasteiger partial charge on any atom is -0.368 e. The van der Waals surface area contributed by atoms with Crippen molar-refractivity contribution in [3.05, 3.63) is 64.4 Å². The summed E-state index contributed by atoms with van der Waals surface area (Å²) < 4.78 is 14.7. The zero-order valence-electron chi connectivity index (χ0n) is 16.0. The van der Waals surface area contributed by atoms with E-state index in [2.05, 4.69) is 15.2 Å². The van der Waals surface area contributed by atoms with E-state index in [0.29, 0.717) is 23.7 Å². The van der Waals surface area contributed by atoms with Gasteiger partial charge in [-0.05, 0) is 41.8 Å². The molecule has 0 saturated carbocycles. The number of nitrogens with one attached hydrogen (secondary N) is 1. The third-order valence-electron chi connectivity index (χ3n) is 5.35. The fraction of sp³-hybridized carbons (Fsp3) is 0.364. The molecule has 0 aliphatic carbocycles. The molecular formula is C22H23ClFN3OS. The number of carbonyl (C=O) groups is 1. The van der Waals surface area contributed by atoms with E-state index in [1.165, 1.54) is 6.07 Å².